The Morgan fingerprint density at radius 2 is 2.00 bits per heavy atom. The molecule has 1 aliphatic rings. The molecule has 1 aliphatic heterocycles. The van der Waals surface area contributed by atoms with Crippen LogP contribution < -0.4 is 5.32 Å². The lowest BCUT2D eigenvalue weighted by molar-refractivity contribution is -0.149. The summed E-state index contributed by atoms with van der Waals surface area (Å²) in [7, 11) is 0. The van der Waals surface area contributed by atoms with Crippen molar-refractivity contribution in [1.82, 2.24) is 5.32 Å². The summed E-state index contributed by atoms with van der Waals surface area (Å²) >= 11 is 0. The SMILES string of the molecule is O=C(COC(=O)C1=COCCO1)NCCc1ccccc1. The summed E-state index contributed by atoms with van der Waals surface area (Å²) in [6, 6.07) is 9.79. The molecule has 0 saturated heterocycles. The molecule has 1 amide bonds. The average molecular weight is 291 g/mol. The van der Waals surface area contributed by atoms with Gasteiger partial charge in [0.15, 0.2) is 6.61 Å². The summed E-state index contributed by atoms with van der Waals surface area (Å²) in [5.41, 5.74) is 1.13. The van der Waals surface area contributed by atoms with E-state index < -0.39 is 5.97 Å². The Kier molecular flexibility index (Phi) is 5.63. The second-order valence-electron chi connectivity index (χ2n) is 4.36. The largest absolute Gasteiger partial charge is 0.493 e. The van der Waals surface area contributed by atoms with Crippen LogP contribution in [0.3, 0.4) is 0 Å². The summed E-state index contributed by atoms with van der Waals surface area (Å²) in [6.45, 7) is 0.845. The third kappa shape index (κ3) is 5.18. The van der Waals surface area contributed by atoms with Crippen LogP contribution in [0.2, 0.25) is 0 Å². The predicted molar refractivity (Wildman–Crippen MR) is 74.1 cm³/mol. The minimum atomic E-state index is -0.701. The zero-order valence-corrected chi connectivity index (χ0v) is 11.5. The summed E-state index contributed by atoms with van der Waals surface area (Å²) in [5, 5.41) is 2.68. The lowest BCUT2D eigenvalue weighted by Crippen LogP contribution is -2.31. The fourth-order valence-corrected chi connectivity index (χ4v) is 1.72. The Hall–Kier alpha value is -2.50. The molecule has 0 fully saturated rings. The topological polar surface area (TPSA) is 73.9 Å². The molecule has 1 aromatic rings. The highest BCUT2D eigenvalue weighted by Crippen LogP contribution is 2.05. The van der Waals surface area contributed by atoms with E-state index >= 15 is 0 Å². The van der Waals surface area contributed by atoms with Gasteiger partial charge in [0.05, 0.1) is 0 Å². The van der Waals surface area contributed by atoms with Crippen molar-refractivity contribution >= 4 is 11.9 Å². The number of ether oxygens (including phenoxy) is 3. The van der Waals surface area contributed by atoms with E-state index in [1.165, 1.54) is 6.26 Å². The molecule has 1 heterocycles. The minimum absolute atomic E-state index is 0.0154. The van der Waals surface area contributed by atoms with E-state index in [0.717, 1.165) is 12.0 Å². The van der Waals surface area contributed by atoms with Crippen molar-refractivity contribution < 1.29 is 23.8 Å². The third-order valence-corrected chi connectivity index (χ3v) is 2.76. The van der Waals surface area contributed by atoms with Crippen LogP contribution in [0.15, 0.2) is 42.4 Å². The molecule has 6 nitrogen and oxygen atoms in total. The lowest BCUT2D eigenvalue weighted by atomic mass is 10.1. The van der Waals surface area contributed by atoms with Gasteiger partial charge in [-0.15, -0.1) is 0 Å². The van der Waals surface area contributed by atoms with Gasteiger partial charge in [0.25, 0.3) is 5.91 Å². The number of nitrogens with one attached hydrogen (secondary N) is 1. The van der Waals surface area contributed by atoms with Gasteiger partial charge in [-0.1, -0.05) is 30.3 Å². The number of hydrogen-bond donors (Lipinski definition) is 1. The molecular formula is C15H17NO5. The Balaban J connectivity index is 1.63. The normalized spacial score (nSPS) is 13.4. The van der Waals surface area contributed by atoms with Crippen LogP contribution in [0.5, 0.6) is 0 Å². The maximum atomic E-state index is 11.5. The summed E-state index contributed by atoms with van der Waals surface area (Å²) < 4.78 is 14.8. The van der Waals surface area contributed by atoms with Crippen molar-refractivity contribution in [3.8, 4) is 0 Å². The van der Waals surface area contributed by atoms with Crippen molar-refractivity contribution in [2.75, 3.05) is 26.4 Å². The minimum Gasteiger partial charge on any atom is -0.493 e. The van der Waals surface area contributed by atoms with Gasteiger partial charge in [0.1, 0.15) is 19.5 Å². The number of amides is 1. The van der Waals surface area contributed by atoms with Gasteiger partial charge >= 0.3 is 5.97 Å². The van der Waals surface area contributed by atoms with Crippen LogP contribution in [0, 0.1) is 0 Å². The van der Waals surface area contributed by atoms with Gasteiger partial charge < -0.3 is 19.5 Å². The van der Waals surface area contributed by atoms with Crippen molar-refractivity contribution in [1.29, 1.82) is 0 Å². The Labute approximate surface area is 122 Å². The number of carbonyl (C=O) groups is 2. The number of hydrogen-bond acceptors (Lipinski definition) is 5. The highest BCUT2D eigenvalue weighted by atomic mass is 16.6. The zero-order chi connectivity index (χ0) is 14.9. The molecule has 112 valence electrons. The van der Waals surface area contributed by atoms with Crippen LogP contribution in [0.25, 0.3) is 0 Å². The molecule has 0 spiro atoms. The van der Waals surface area contributed by atoms with E-state index in [1.807, 2.05) is 30.3 Å². The first-order valence-electron chi connectivity index (χ1n) is 6.68. The van der Waals surface area contributed by atoms with E-state index in [0.29, 0.717) is 19.8 Å². The second kappa shape index (κ2) is 7.94. The lowest BCUT2D eigenvalue weighted by Gasteiger charge is -2.14. The quantitative estimate of drug-likeness (QED) is 0.784. The van der Waals surface area contributed by atoms with E-state index in [-0.39, 0.29) is 18.3 Å². The van der Waals surface area contributed by atoms with Gasteiger partial charge in [0, 0.05) is 6.54 Å². The Morgan fingerprint density at radius 1 is 1.19 bits per heavy atom. The maximum Gasteiger partial charge on any atom is 0.377 e. The van der Waals surface area contributed by atoms with E-state index in [1.54, 1.807) is 0 Å². The van der Waals surface area contributed by atoms with Gasteiger partial charge in [-0.2, -0.15) is 0 Å². The van der Waals surface area contributed by atoms with Gasteiger partial charge in [-0.05, 0) is 12.0 Å². The van der Waals surface area contributed by atoms with Gasteiger partial charge in [-0.3, -0.25) is 4.79 Å². The van der Waals surface area contributed by atoms with Crippen LogP contribution in [0.1, 0.15) is 5.56 Å². The summed E-state index contributed by atoms with van der Waals surface area (Å²) in [6.07, 6.45) is 1.92. The average Bonchev–Trinajstić information content (AvgIpc) is 2.54. The van der Waals surface area contributed by atoms with Crippen molar-refractivity contribution in [2.45, 2.75) is 6.42 Å². The zero-order valence-electron chi connectivity index (χ0n) is 11.5. The molecule has 0 atom stereocenters. The third-order valence-electron chi connectivity index (χ3n) is 2.76. The standard InChI is InChI=1S/C15H17NO5/c17-14(16-7-6-12-4-2-1-3-5-12)11-21-15(18)13-10-19-8-9-20-13/h1-5,10H,6-9,11H2,(H,16,17). The predicted octanol–water partition coefficient (Wildman–Crippen LogP) is 0.777. The molecular weight excluding hydrogens is 274 g/mol. The highest BCUT2D eigenvalue weighted by molar-refractivity contribution is 5.88. The fraction of sp³-hybridized carbons (Fsp3) is 0.333. The molecule has 21 heavy (non-hydrogen) atoms. The number of rotatable bonds is 6. The van der Waals surface area contributed by atoms with E-state index in [2.05, 4.69) is 5.32 Å². The van der Waals surface area contributed by atoms with Crippen LogP contribution in [-0.4, -0.2) is 38.2 Å². The van der Waals surface area contributed by atoms with Gasteiger partial charge in [0.2, 0.25) is 5.76 Å². The first-order valence-corrected chi connectivity index (χ1v) is 6.68. The number of benzene rings is 1. The Morgan fingerprint density at radius 3 is 2.71 bits per heavy atom. The highest BCUT2D eigenvalue weighted by Gasteiger charge is 2.17. The van der Waals surface area contributed by atoms with Crippen molar-refractivity contribution in [3.05, 3.63) is 47.9 Å². The van der Waals surface area contributed by atoms with E-state index in [9.17, 15) is 9.59 Å². The molecule has 0 aromatic heterocycles. The fourth-order valence-electron chi connectivity index (χ4n) is 1.72. The first kappa shape index (κ1) is 14.9. The van der Waals surface area contributed by atoms with Crippen molar-refractivity contribution in [2.24, 2.45) is 0 Å². The summed E-state index contributed by atoms with van der Waals surface area (Å²) in [5.74, 6) is -1.07. The molecule has 2 rings (SSSR count). The summed E-state index contributed by atoms with van der Waals surface area (Å²) in [4.78, 5) is 23.1. The maximum absolute atomic E-state index is 11.5. The molecule has 0 saturated carbocycles. The number of esters is 1. The first-order chi connectivity index (χ1) is 10.3. The number of carbonyl (C=O) groups excluding carboxylic acids is 2. The molecule has 0 aliphatic carbocycles. The monoisotopic (exact) mass is 291 g/mol. The molecule has 6 heteroatoms. The van der Waals surface area contributed by atoms with Crippen LogP contribution in [0.4, 0.5) is 0 Å². The van der Waals surface area contributed by atoms with E-state index in [4.69, 9.17) is 14.2 Å². The van der Waals surface area contributed by atoms with Crippen LogP contribution >= 0.6 is 0 Å². The molecule has 1 N–H and O–H groups in total. The molecule has 0 unspecified atom stereocenters. The molecule has 1 aromatic carbocycles. The smallest absolute Gasteiger partial charge is 0.377 e. The second-order valence-corrected chi connectivity index (χ2v) is 4.36. The molecule has 0 radical (unpaired) electrons. The van der Waals surface area contributed by atoms with Gasteiger partial charge in [-0.25, -0.2) is 4.79 Å². The molecule has 0 bridgehead atoms. The Bertz CT molecular complexity index is 512. The van der Waals surface area contributed by atoms with Crippen molar-refractivity contribution in [3.63, 3.8) is 0 Å². The van der Waals surface area contributed by atoms with Crippen LogP contribution in [-0.2, 0) is 30.2 Å².